The van der Waals surface area contributed by atoms with E-state index < -0.39 is 0 Å². The number of aromatic nitrogens is 1. The molecule has 0 N–H and O–H groups in total. The van der Waals surface area contributed by atoms with Crippen molar-refractivity contribution in [2.45, 2.75) is 13.3 Å². The van der Waals surface area contributed by atoms with Gasteiger partial charge in [-0.3, -0.25) is 0 Å². The third-order valence-corrected chi connectivity index (χ3v) is 2.75. The van der Waals surface area contributed by atoms with Crippen LogP contribution in [-0.2, 0) is 7.05 Å². The largest absolute Gasteiger partial charge is 0.350 e. The van der Waals surface area contributed by atoms with Gasteiger partial charge in [0.05, 0.1) is 0 Å². The average Bonchev–Trinajstić information content (AvgIpc) is 2.53. The monoisotopic (exact) mass is 219 g/mol. The molecule has 15 heavy (non-hydrogen) atoms. The summed E-state index contributed by atoms with van der Waals surface area (Å²) < 4.78 is 2.11. The van der Waals surface area contributed by atoms with Crippen LogP contribution >= 0.6 is 11.6 Å². The van der Waals surface area contributed by atoms with Crippen LogP contribution in [0, 0.1) is 0 Å². The number of fused-ring (bicyclic) bond motifs is 1. The van der Waals surface area contributed by atoms with Gasteiger partial charge in [-0.15, -0.1) is 0 Å². The molecule has 1 aromatic carbocycles. The Kier molecular flexibility index (Phi) is 2.83. The molecule has 0 aliphatic heterocycles. The first-order valence-corrected chi connectivity index (χ1v) is 5.51. The van der Waals surface area contributed by atoms with Crippen molar-refractivity contribution in [1.82, 2.24) is 4.57 Å². The van der Waals surface area contributed by atoms with E-state index in [1.54, 1.807) is 0 Å². The van der Waals surface area contributed by atoms with Gasteiger partial charge in [-0.25, -0.2) is 0 Å². The lowest BCUT2D eigenvalue weighted by Crippen LogP contribution is -1.82. The molecule has 1 aromatic heterocycles. The van der Waals surface area contributed by atoms with Crippen LogP contribution in [0.2, 0.25) is 5.02 Å². The molecular formula is C13H14ClN. The third-order valence-electron chi connectivity index (χ3n) is 2.52. The molecule has 0 radical (unpaired) electrons. The van der Waals surface area contributed by atoms with E-state index in [0.29, 0.717) is 0 Å². The van der Waals surface area contributed by atoms with Gasteiger partial charge in [0, 0.05) is 29.2 Å². The highest BCUT2D eigenvalue weighted by Gasteiger charge is 2.03. The fourth-order valence-electron chi connectivity index (χ4n) is 1.77. The molecule has 2 rings (SSSR count). The van der Waals surface area contributed by atoms with Gasteiger partial charge in [0.25, 0.3) is 0 Å². The summed E-state index contributed by atoms with van der Waals surface area (Å²) in [5, 5.41) is 2.04. The van der Waals surface area contributed by atoms with Crippen LogP contribution in [0.25, 0.3) is 17.0 Å². The van der Waals surface area contributed by atoms with Gasteiger partial charge < -0.3 is 4.57 Å². The van der Waals surface area contributed by atoms with Crippen molar-refractivity contribution in [3.05, 3.63) is 41.1 Å². The topological polar surface area (TPSA) is 4.93 Å². The van der Waals surface area contributed by atoms with E-state index in [2.05, 4.69) is 35.9 Å². The maximum Gasteiger partial charge on any atom is 0.0498 e. The minimum Gasteiger partial charge on any atom is -0.350 e. The molecule has 0 amide bonds. The smallest absolute Gasteiger partial charge is 0.0498 e. The molecule has 0 spiro atoms. The maximum absolute atomic E-state index is 5.97. The Labute approximate surface area is 95.0 Å². The van der Waals surface area contributed by atoms with Gasteiger partial charge in [0.15, 0.2) is 0 Å². The minimum absolute atomic E-state index is 0.787. The number of nitrogens with zero attached hydrogens (tertiary/aromatic N) is 1. The molecule has 0 atom stereocenters. The lowest BCUT2D eigenvalue weighted by molar-refractivity contribution is 0.968. The Balaban J connectivity index is 2.62. The van der Waals surface area contributed by atoms with Gasteiger partial charge in [0.1, 0.15) is 0 Å². The predicted molar refractivity (Wildman–Crippen MR) is 67.3 cm³/mol. The standard InChI is InChI=1S/C13H14ClN/c1-3-4-5-10-9-15(2)13-8-11(14)6-7-12(10)13/h4-9H,3H2,1-2H3/b5-4+. The highest BCUT2D eigenvalue weighted by molar-refractivity contribution is 6.31. The van der Waals surface area contributed by atoms with Crippen LogP contribution < -0.4 is 0 Å². The van der Waals surface area contributed by atoms with Crippen molar-refractivity contribution < 1.29 is 0 Å². The summed E-state index contributed by atoms with van der Waals surface area (Å²) in [5.41, 5.74) is 2.43. The zero-order valence-electron chi connectivity index (χ0n) is 9.00. The zero-order valence-corrected chi connectivity index (χ0v) is 9.75. The van der Waals surface area contributed by atoms with Gasteiger partial charge in [0.2, 0.25) is 0 Å². The maximum atomic E-state index is 5.97. The average molecular weight is 220 g/mol. The van der Waals surface area contributed by atoms with E-state index in [9.17, 15) is 0 Å². The summed E-state index contributed by atoms with van der Waals surface area (Å²) in [6.07, 6.45) is 7.52. The van der Waals surface area contributed by atoms with Crippen LogP contribution in [0.15, 0.2) is 30.5 Å². The Bertz CT molecular complexity index is 508. The molecule has 0 saturated heterocycles. The van der Waals surface area contributed by atoms with Crippen LogP contribution in [0.5, 0.6) is 0 Å². The minimum atomic E-state index is 0.787. The normalized spacial score (nSPS) is 11.7. The fourth-order valence-corrected chi connectivity index (χ4v) is 1.93. The van der Waals surface area contributed by atoms with Gasteiger partial charge in [-0.05, 0) is 24.1 Å². The number of hydrogen-bond acceptors (Lipinski definition) is 0. The SMILES string of the molecule is CC/C=C/c1cn(C)c2cc(Cl)ccc12. The van der Waals surface area contributed by atoms with E-state index in [-0.39, 0.29) is 0 Å². The molecule has 1 nitrogen and oxygen atoms in total. The van der Waals surface area contributed by atoms with Crippen molar-refractivity contribution in [3.8, 4) is 0 Å². The lowest BCUT2D eigenvalue weighted by Gasteiger charge is -1.95. The highest BCUT2D eigenvalue weighted by Crippen LogP contribution is 2.24. The molecule has 0 aliphatic carbocycles. The Morgan fingerprint density at radius 1 is 1.40 bits per heavy atom. The van der Waals surface area contributed by atoms with Crippen LogP contribution in [-0.4, -0.2) is 4.57 Å². The second-order valence-corrected chi connectivity index (χ2v) is 4.10. The number of halogens is 1. The van der Waals surface area contributed by atoms with Crippen molar-refractivity contribution in [2.24, 2.45) is 7.05 Å². The first kappa shape index (κ1) is 10.3. The molecule has 2 aromatic rings. The number of allylic oxidation sites excluding steroid dienone is 1. The Morgan fingerprint density at radius 2 is 2.20 bits per heavy atom. The van der Waals surface area contributed by atoms with Crippen LogP contribution in [0.3, 0.4) is 0 Å². The molecule has 0 saturated carbocycles. The second-order valence-electron chi connectivity index (χ2n) is 3.67. The molecule has 1 heterocycles. The first-order valence-electron chi connectivity index (χ1n) is 5.13. The number of rotatable bonds is 2. The quantitative estimate of drug-likeness (QED) is 0.712. The zero-order chi connectivity index (χ0) is 10.8. The third kappa shape index (κ3) is 1.93. The van der Waals surface area contributed by atoms with Crippen molar-refractivity contribution in [1.29, 1.82) is 0 Å². The Morgan fingerprint density at radius 3 is 2.93 bits per heavy atom. The van der Waals surface area contributed by atoms with Crippen molar-refractivity contribution in [3.63, 3.8) is 0 Å². The van der Waals surface area contributed by atoms with E-state index in [0.717, 1.165) is 11.4 Å². The van der Waals surface area contributed by atoms with E-state index in [4.69, 9.17) is 11.6 Å². The summed E-state index contributed by atoms with van der Waals surface area (Å²) in [6, 6.07) is 6.01. The summed E-state index contributed by atoms with van der Waals surface area (Å²) in [4.78, 5) is 0. The summed E-state index contributed by atoms with van der Waals surface area (Å²) >= 11 is 5.97. The molecule has 0 unspecified atom stereocenters. The first-order chi connectivity index (χ1) is 7.22. The van der Waals surface area contributed by atoms with Crippen LogP contribution in [0.4, 0.5) is 0 Å². The molecule has 0 bridgehead atoms. The van der Waals surface area contributed by atoms with Gasteiger partial charge in [-0.1, -0.05) is 36.7 Å². The molecule has 2 heteroatoms. The van der Waals surface area contributed by atoms with Crippen molar-refractivity contribution in [2.75, 3.05) is 0 Å². The lowest BCUT2D eigenvalue weighted by atomic mass is 10.1. The number of benzene rings is 1. The van der Waals surface area contributed by atoms with Gasteiger partial charge >= 0.3 is 0 Å². The van der Waals surface area contributed by atoms with Gasteiger partial charge in [-0.2, -0.15) is 0 Å². The summed E-state index contributed by atoms with van der Waals surface area (Å²) in [6.45, 7) is 2.14. The Hall–Kier alpha value is -1.21. The highest BCUT2D eigenvalue weighted by atomic mass is 35.5. The second kappa shape index (κ2) is 4.11. The van der Waals surface area contributed by atoms with Crippen LogP contribution in [0.1, 0.15) is 18.9 Å². The number of aryl methyl sites for hydroxylation is 1. The fraction of sp³-hybridized carbons (Fsp3) is 0.231. The van der Waals surface area contributed by atoms with E-state index in [1.807, 2.05) is 19.2 Å². The molecule has 0 aliphatic rings. The summed E-state index contributed by atoms with van der Waals surface area (Å²) in [5.74, 6) is 0. The summed E-state index contributed by atoms with van der Waals surface area (Å²) in [7, 11) is 2.04. The van der Waals surface area contributed by atoms with E-state index >= 15 is 0 Å². The van der Waals surface area contributed by atoms with E-state index in [1.165, 1.54) is 16.5 Å². The number of hydrogen-bond donors (Lipinski definition) is 0. The molecule has 78 valence electrons. The predicted octanol–water partition coefficient (Wildman–Crippen LogP) is 4.25. The van der Waals surface area contributed by atoms with Crippen molar-refractivity contribution >= 4 is 28.6 Å². The molecular weight excluding hydrogens is 206 g/mol. The molecule has 0 fully saturated rings.